The van der Waals surface area contributed by atoms with Gasteiger partial charge in [0, 0.05) is 10.9 Å². The molecule has 0 spiro atoms. The van der Waals surface area contributed by atoms with Crippen molar-refractivity contribution in [2.24, 2.45) is 23.1 Å². The predicted molar refractivity (Wildman–Crippen MR) is 106 cm³/mol. The monoisotopic (exact) mass is 362 g/mol. The van der Waals surface area contributed by atoms with Crippen LogP contribution >= 0.6 is 11.3 Å². The number of hydrogen-bond acceptors (Lipinski definition) is 5. The molecule has 3 N–H and O–H groups in total. The van der Waals surface area contributed by atoms with E-state index in [4.69, 9.17) is 10.8 Å². The van der Waals surface area contributed by atoms with E-state index < -0.39 is 0 Å². The van der Waals surface area contributed by atoms with Gasteiger partial charge in [0.25, 0.3) is 5.56 Å². The van der Waals surface area contributed by atoms with Gasteiger partial charge in [-0.05, 0) is 49.0 Å². The van der Waals surface area contributed by atoms with Crippen LogP contribution in [0.5, 0.6) is 0 Å². The van der Waals surface area contributed by atoms with Crippen molar-refractivity contribution in [2.45, 2.75) is 66.8 Å². The van der Waals surface area contributed by atoms with Crippen molar-refractivity contribution in [1.29, 1.82) is 0 Å². The third-order valence-electron chi connectivity index (χ3n) is 5.84. The number of hydrazine groups is 1. The summed E-state index contributed by atoms with van der Waals surface area (Å²) in [5, 5.41) is 0.818. The van der Waals surface area contributed by atoms with E-state index in [1.807, 2.05) is 0 Å². The first-order chi connectivity index (χ1) is 11.6. The van der Waals surface area contributed by atoms with Crippen molar-refractivity contribution >= 4 is 27.5 Å². The van der Waals surface area contributed by atoms with E-state index >= 15 is 0 Å². The number of rotatable bonds is 3. The molecule has 2 unspecified atom stereocenters. The molecule has 0 saturated heterocycles. The van der Waals surface area contributed by atoms with Gasteiger partial charge < -0.3 is 0 Å². The maximum Gasteiger partial charge on any atom is 0.264 e. The fourth-order valence-electron chi connectivity index (χ4n) is 3.75. The van der Waals surface area contributed by atoms with Gasteiger partial charge in [0.1, 0.15) is 4.83 Å². The Kier molecular flexibility index (Phi) is 4.71. The minimum Gasteiger partial charge on any atom is -0.294 e. The van der Waals surface area contributed by atoms with Crippen LogP contribution in [-0.2, 0) is 12.8 Å². The first-order valence-corrected chi connectivity index (χ1v) is 10.00. The van der Waals surface area contributed by atoms with Crippen molar-refractivity contribution in [2.75, 3.05) is 5.43 Å². The highest BCUT2D eigenvalue weighted by Gasteiger charge is 2.32. The molecule has 3 rings (SSSR count). The van der Waals surface area contributed by atoms with E-state index in [2.05, 4.69) is 47.0 Å². The third kappa shape index (κ3) is 3.10. The summed E-state index contributed by atoms with van der Waals surface area (Å²) in [4.78, 5) is 20.2. The fraction of sp³-hybridized carbons (Fsp3) is 0.684. The summed E-state index contributed by atoms with van der Waals surface area (Å²) in [7, 11) is 0. The molecule has 25 heavy (non-hydrogen) atoms. The average molecular weight is 363 g/mol. The second-order valence-corrected chi connectivity index (χ2v) is 9.81. The number of nitrogens with zero attached hydrogens (tertiary/aromatic N) is 2. The van der Waals surface area contributed by atoms with Crippen LogP contribution in [0.15, 0.2) is 4.79 Å². The molecule has 6 heteroatoms. The number of thiophene rings is 1. The van der Waals surface area contributed by atoms with Gasteiger partial charge in [-0.3, -0.25) is 14.8 Å². The Morgan fingerprint density at radius 3 is 2.56 bits per heavy atom. The van der Waals surface area contributed by atoms with Crippen LogP contribution in [-0.4, -0.2) is 9.55 Å². The number of aryl methyl sites for hydroxylation is 1. The summed E-state index contributed by atoms with van der Waals surface area (Å²) in [5.41, 5.74) is 4.20. The number of nitrogen functional groups attached to an aromatic ring is 1. The van der Waals surface area contributed by atoms with E-state index in [0.29, 0.717) is 17.8 Å². The Morgan fingerprint density at radius 1 is 1.32 bits per heavy atom. The summed E-state index contributed by atoms with van der Waals surface area (Å²) in [6.45, 7) is 13.2. The van der Waals surface area contributed by atoms with Gasteiger partial charge in [-0.25, -0.2) is 10.8 Å². The maximum absolute atomic E-state index is 13.3. The van der Waals surface area contributed by atoms with E-state index in [1.54, 1.807) is 15.9 Å². The zero-order chi connectivity index (χ0) is 18.5. The van der Waals surface area contributed by atoms with Gasteiger partial charge in [0.05, 0.1) is 5.39 Å². The lowest BCUT2D eigenvalue weighted by Crippen LogP contribution is -2.32. The molecule has 138 valence electrons. The average Bonchev–Trinajstić information content (AvgIpc) is 2.90. The minimum atomic E-state index is 0.0388. The van der Waals surface area contributed by atoms with E-state index in [9.17, 15) is 4.79 Å². The standard InChI is InChI=1S/C19H30N4OS/c1-10(2)11(3)23-17(24)15-13-8-7-12(19(4,5)6)9-14(13)25-16(15)21-18(23)22-20/h10-12H,7-9,20H2,1-6H3,(H,21,22). The number of fused-ring (bicyclic) bond motifs is 3. The highest BCUT2D eigenvalue weighted by atomic mass is 32.1. The Morgan fingerprint density at radius 2 is 2.00 bits per heavy atom. The zero-order valence-electron chi connectivity index (χ0n) is 16.1. The van der Waals surface area contributed by atoms with Gasteiger partial charge in [-0.1, -0.05) is 34.6 Å². The second kappa shape index (κ2) is 6.40. The van der Waals surface area contributed by atoms with Crippen LogP contribution in [0.25, 0.3) is 10.2 Å². The largest absolute Gasteiger partial charge is 0.294 e. The number of hydrogen-bond donors (Lipinski definition) is 2. The number of anilines is 1. The van der Waals surface area contributed by atoms with Gasteiger partial charge in [-0.15, -0.1) is 11.3 Å². The molecule has 1 aliphatic rings. The van der Waals surface area contributed by atoms with Crippen LogP contribution in [0.1, 0.15) is 64.4 Å². The Bertz CT molecular complexity index is 844. The molecular weight excluding hydrogens is 332 g/mol. The van der Waals surface area contributed by atoms with Crippen LogP contribution in [0.2, 0.25) is 0 Å². The topological polar surface area (TPSA) is 72.9 Å². The molecule has 5 nitrogen and oxygen atoms in total. The van der Waals surface area contributed by atoms with Crippen LogP contribution < -0.4 is 16.8 Å². The molecule has 2 aromatic rings. The highest BCUT2D eigenvalue weighted by molar-refractivity contribution is 7.18. The van der Waals surface area contributed by atoms with Gasteiger partial charge in [0.15, 0.2) is 0 Å². The predicted octanol–water partition coefficient (Wildman–Crippen LogP) is 4.11. The van der Waals surface area contributed by atoms with Crippen molar-refractivity contribution in [3.8, 4) is 0 Å². The lowest BCUT2D eigenvalue weighted by molar-refractivity contribution is 0.218. The normalized spacial score (nSPS) is 19.3. The van der Waals surface area contributed by atoms with Crippen molar-refractivity contribution in [1.82, 2.24) is 9.55 Å². The van der Waals surface area contributed by atoms with Gasteiger partial charge in [0.2, 0.25) is 5.95 Å². The molecule has 0 radical (unpaired) electrons. The minimum absolute atomic E-state index is 0.0388. The summed E-state index contributed by atoms with van der Waals surface area (Å²) in [6, 6.07) is 0.0388. The summed E-state index contributed by atoms with van der Waals surface area (Å²) in [6.07, 6.45) is 3.16. The van der Waals surface area contributed by atoms with E-state index in [-0.39, 0.29) is 17.0 Å². The fourth-order valence-corrected chi connectivity index (χ4v) is 5.04. The lowest BCUT2D eigenvalue weighted by Gasteiger charge is -2.33. The van der Waals surface area contributed by atoms with Gasteiger partial charge in [-0.2, -0.15) is 0 Å². The van der Waals surface area contributed by atoms with E-state index in [1.165, 1.54) is 10.4 Å². The summed E-state index contributed by atoms with van der Waals surface area (Å²) >= 11 is 1.67. The first-order valence-electron chi connectivity index (χ1n) is 9.18. The van der Waals surface area contributed by atoms with Gasteiger partial charge >= 0.3 is 0 Å². The smallest absolute Gasteiger partial charge is 0.264 e. The number of nitrogens with two attached hydrogens (primary N) is 1. The SMILES string of the molecule is CC(C)C(C)n1c(NN)nc2sc3c(c2c1=O)CCC(C(C)(C)C)C3. The zero-order valence-corrected chi connectivity index (χ0v) is 17.0. The van der Waals surface area contributed by atoms with Crippen molar-refractivity contribution < 1.29 is 0 Å². The second-order valence-electron chi connectivity index (χ2n) is 8.73. The van der Waals surface area contributed by atoms with Crippen molar-refractivity contribution in [3.05, 3.63) is 20.8 Å². The van der Waals surface area contributed by atoms with Crippen LogP contribution in [0.4, 0.5) is 5.95 Å². The molecular formula is C19H30N4OS. The Labute approximate surface area is 153 Å². The van der Waals surface area contributed by atoms with E-state index in [0.717, 1.165) is 29.5 Å². The maximum atomic E-state index is 13.3. The number of aromatic nitrogens is 2. The number of nitrogens with one attached hydrogen (secondary N) is 1. The summed E-state index contributed by atoms with van der Waals surface area (Å²) in [5.74, 6) is 7.12. The Hall–Kier alpha value is -1.40. The highest BCUT2D eigenvalue weighted by Crippen LogP contribution is 2.42. The quantitative estimate of drug-likeness (QED) is 0.636. The first kappa shape index (κ1) is 18.4. The van der Waals surface area contributed by atoms with Crippen molar-refractivity contribution in [3.63, 3.8) is 0 Å². The molecule has 2 atom stereocenters. The molecule has 0 amide bonds. The van der Waals surface area contributed by atoms with Crippen LogP contribution in [0.3, 0.4) is 0 Å². The molecule has 0 saturated carbocycles. The van der Waals surface area contributed by atoms with Crippen LogP contribution in [0, 0.1) is 17.3 Å². The molecule has 2 aromatic heterocycles. The molecule has 0 aliphatic heterocycles. The molecule has 0 fully saturated rings. The molecule has 0 bridgehead atoms. The lowest BCUT2D eigenvalue weighted by atomic mass is 9.72. The Balaban J connectivity index is 2.18. The molecule has 0 aromatic carbocycles. The summed E-state index contributed by atoms with van der Waals surface area (Å²) < 4.78 is 1.73. The molecule has 2 heterocycles. The molecule has 1 aliphatic carbocycles. The third-order valence-corrected chi connectivity index (χ3v) is 6.99.